The Labute approximate surface area is 132 Å². The quantitative estimate of drug-likeness (QED) is 0.544. The molecule has 0 aromatic heterocycles. The van der Waals surface area contributed by atoms with Crippen molar-refractivity contribution in [2.75, 3.05) is 7.11 Å². The second-order valence-corrected chi connectivity index (χ2v) is 4.66. The van der Waals surface area contributed by atoms with E-state index < -0.39 is 29.8 Å². The van der Waals surface area contributed by atoms with E-state index in [1.807, 2.05) is 0 Å². The fraction of sp³-hybridized carbons (Fsp3) is 0.333. The molecule has 124 valence electrons. The highest BCUT2D eigenvalue weighted by atomic mass is 16.5. The van der Waals surface area contributed by atoms with E-state index in [-0.39, 0.29) is 18.4 Å². The van der Waals surface area contributed by atoms with Crippen molar-refractivity contribution >= 4 is 23.8 Å². The molecule has 0 heterocycles. The lowest BCUT2D eigenvalue weighted by molar-refractivity contribution is -0.141. The average molecular weight is 322 g/mol. The van der Waals surface area contributed by atoms with E-state index in [2.05, 4.69) is 10.1 Å². The van der Waals surface area contributed by atoms with E-state index in [1.165, 1.54) is 38.3 Å². The molecule has 0 aliphatic carbocycles. The van der Waals surface area contributed by atoms with Gasteiger partial charge < -0.3 is 20.5 Å². The third kappa shape index (κ3) is 6.16. The van der Waals surface area contributed by atoms with Gasteiger partial charge in [-0.15, -0.1) is 0 Å². The molecule has 0 aliphatic heterocycles. The van der Waals surface area contributed by atoms with Crippen LogP contribution in [-0.2, 0) is 19.1 Å². The van der Waals surface area contributed by atoms with Gasteiger partial charge in [-0.1, -0.05) is 0 Å². The van der Waals surface area contributed by atoms with Gasteiger partial charge in [0.05, 0.1) is 7.11 Å². The normalized spacial score (nSPS) is 11.2. The lowest BCUT2D eigenvalue weighted by atomic mass is 10.1. The van der Waals surface area contributed by atoms with Gasteiger partial charge in [-0.3, -0.25) is 19.2 Å². The van der Waals surface area contributed by atoms with Gasteiger partial charge in [-0.05, 0) is 30.7 Å². The van der Waals surface area contributed by atoms with Crippen molar-refractivity contribution in [3.8, 4) is 5.75 Å². The number of hydrogen-bond donors (Lipinski definition) is 2. The first-order chi connectivity index (χ1) is 10.8. The summed E-state index contributed by atoms with van der Waals surface area (Å²) in [5.41, 5.74) is 5.46. The third-order valence-electron chi connectivity index (χ3n) is 2.89. The molecule has 23 heavy (non-hydrogen) atoms. The van der Waals surface area contributed by atoms with Gasteiger partial charge in [0.2, 0.25) is 5.91 Å². The molecule has 1 aromatic carbocycles. The maximum atomic E-state index is 12.1. The van der Waals surface area contributed by atoms with Gasteiger partial charge in [0.1, 0.15) is 11.8 Å². The summed E-state index contributed by atoms with van der Waals surface area (Å²) in [6.07, 6.45) is -0.00491. The Morgan fingerprint density at radius 3 is 2.26 bits per heavy atom. The number of rotatable bonds is 7. The first-order valence-electron chi connectivity index (χ1n) is 6.79. The molecule has 0 fully saturated rings. The topological polar surface area (TPSA) is 125 Å². The van der Waals surface area contributed by atoms with Crippen LogP contribution in [0.4, 0.5) is 0 Å². The van der Waals surface area contributed by atoms with Crippen molar-refractivity contribution < 1.29 is 28.7 Å². The van der Waals surface area contributed by atoms with Gasteiger partial charge in [-0.25, -0.2) is 0 Å². The predicted octanol–water partition coefficient (Wildman–Crippen LogP) is 0.149. The van der Waals surface area contributed by atoms with Crippen LogP contribution in [-0.4, -0.2) is 36.9 Å². The van der Waals surface area contributed by atoms with Crippen LogP contribution in [0.3, 0.4) is 0 Å². The van der Waals surface area contributed by atoms with Crippen LogP contribution in [0.25, 0.3) is 0 Å². The van der Waals surface area contributed by atoms with Gasteiger partial charge in [0.15, 0.2) is 0 Å². The standard InChI is InChI=1S/C15H18N2O6/c1-9(18)23-11-5-3-10(4-6-11)15(21)17-12(14(16)20)7-8-13(19)22-2/h3-6,12H,7-8H2,1-2H3,(H2,16,20)(H,17,21)/t12-/m0/s1. The number of nitrogens with one attached hydrogen (secondary N) is 1. The van der Waals surface area contributed by atoms with Crippen LogP contribution < -0.4 is 15.8 Å². The Hall–Kier alpha value is -2.90. The first-order valence-corrected chi connectivity index (χ1v) is 6.79. The van der Waals surface area contributed by atoms with Crippen molar-refractivity contribution in [1.82, 2.24) is 5.32 Å². The number of esters is 2. The molecule has 0 bridgehead atoms. The predicted molar refractivity (Wildman–Crippen MR) is 79.4 cm³/mol. The monoisotopic (exact) mass is 322 g/mol. The van der Waals surface area contributed by atoms with Crippen molar-refractivity contribution in [2.24, 2.45) is 5.73 Å². The lowest BCUT2D eigenvalue weighted by Gasteiger charge is -2.15. The average Bonchev–Trinajstić information content (AvgIpc) is 2.50. The molecule has 0 saturated carbocycles. The van der Waals surface area contributed by atoms with Crippen molar-refractivity contribution in [1.29, 1.82) is 0 Å². The summed E-state index contributed by atoms with van der Waals surface area (Å²) < 4.78 is 9.32. The molecule has 8 heteroatoms. The number of nitrogens with two attached hydrogens (primary N) is 1. The number of benzene rings is 1. The molecule has 0 spiro atoms. The first kappa shape index (κ1) is 18.1. The minimum Gasteiger partial charge on any atom is -0.469 e. The number of amides is 2. The molecule has 1 atom stereocenters. The number of carbonyl (C=O) groups is 4. The number of ether oxygens (including phenoxy) is 2. The number of hydrogen-bond acceptors (Lipinski definition) is 6. The molecule has 0 unspecified atom stereocenters. The Bertz CT molecular complexity index is 596. The lowest BCUT2D eigenvalue weighted by Crippen LogP contribution is -2.44. The minimum atomic E-state index is -0.991. The molecule has 8 nitrogen and oxygen atoms in total. The van der Waals surface area contributed by atoms with Crippen molar-refractivity contribution in [3.63, 3.8) is 0 Å². The molecule has 0 aliphatic rings. The summed E-state index contributed by atoms with van der Waals surface area (Å²) >= 11 is 0. The SMILES string of the molecule is COC(=O)CC[C@H](NC(=O)c1ccc(OC(C)=O)cc1)C(N)=O. The molecular formula is C15H18N2O6. The van der Waals surface area contributed by atoms with E-state index in [4.69, 9.17) is 10.5 Å². The van der Waals surface area contributed by atoms with Gasteiger partial charge >= 0.3 is 11.9 Å². The highest BCUT2D eigenvalue weighted by molar-refractivity contribution is 5.97. The molecule has 2 amide bonds. The zero-order chi connectivity index (χ0) is 17.4. The Morgan fingerprint density at radius 2 is 1.78 bits per heavy atom. The summed E-state index contributed by atoms with van der Waals surface area (Å²) in [5.74, 6) is -1.96. The highest BCUT2D eigenvalue weighted by Crippen LogP contribution is 2.12. The molecule has 1 aromatic rings. The third-order valence-corrected chi connectivity index (χ3v) is 2.89. The zero-order valence-corrected chi connectivity index (χ0v) is 12.8. The van der Waals surface area contributed by atoms with Crippen LogP contribution in [0, 0.1) is 0 Å². The Kier molecular flexibility index (Phi) is 6.72. The summed E-state index contributed by atoms with van der Waals surface area (Å²) in [6, 6.07) is 4.78. The number of primary amides is 1. The summed E-state index contributed by atoms with van der Waals surface area (Å²) in [7, 11) is 1.23. The minimum absolute atomic E-state index is 0.0410. The Balaban J connectivity index is 2.69. The zero-order valence-electron chi connectivity index (χ0n) is 12.8. The molecule has 0 radical (unpaired) electrons. The largest absolute Gasteiger partial charge is 0.469 e. The van der Waals surface area contributed by atoms with E-state index in [0.717, 1.165) is 0 Å². The Morgan fingerprint density at radius 1 is 1.17 bits per heavy atom. The fourth-order valence-corrected chi connectivity index (χ4v) is 1.73. The van der Waals surface area contributed by atoms with E-state index in [1.54, 1.807) is 0 Å². The summed E-state index contributed by atoms with van der Waals surface area (Å²) in [5, 5.41) is 2.44. The van der Waals surface area contributed by atoms with Gasteiger partial charge in [0, 0.05) is 18.9 Å². The second-order valence-electron chi connectivity index (χ2n) is 4.66. The van der Waals surface area contributed by atoms with Gasteiger partial charge in [-0.2, -0.15) is 0 Å². The van der Waals surface area contributed by atoms with Crippen LogP contribution >= 0.6 is 0 Å². The van der Waals surface area contributed by atoms with Crippen LogP contribution in [0.2, 0.25) is 0 Å². The van der Waals surface area contributed by atoms with Gasteiger partial charge in [0.25, 0.3) is 5.91 Å². The summed E-state index contributed by atoms with van der Waals surface area (Å²) in [6.45, 7) is 1.26. The maximum Gasteiger partial charge on any atom is 0.308 e. The molecule has 0 saturated heterocycles. The second kappa shape index (κ2) is 8.52. The van der Waals surface area contributed by atoms with E-state index in [9.17, 15) is 19.2 Å². The van der Waals surface area contributed by atoms with Crippen LogP contribution in [0.1, 0.15) is 30.1 Å². The highest BCUT2D eigenvalue weighted by Gasteiger charge is 2.20. The number of methoxy groups -OCH3 is 1. The maximum absolute atomic E-state index is 12.1. The van der Waals surface area contributed by atoms with E-state index >= 15 is 0 Å². The van der Waals surface area contributed by atoms with Crippen molar-refractivity contribution in [3.05, 3.63) is 29.8 Å². The smallest absolute Gasteiger partial charge is 0.308 e. The van der Waals surface area contributed by atoms with Crippen molar-refractivity contribution in [2.45, 2.75) is 25.8 Å². The number of carbonyl (C=O) groups excluding carboxylic acids is 4. The van der Waals surface area contributed by atoms with Crippen LogP contribution in [0.15, 0.2) is 24.3 Å². The molecule has 1 rings (SSSR count). The molecule has 3 N–H and O–H groups in total. The van der Waals surface area contributed by atoms with Crippen LogP contribution in [0.5, 0.6) is 5.75 Å². The van der Waals surface area contributed by atoms with E-state index in [0.29, 0.717) is 5.75 Å². The summed E-state index contributed by atoms with van der Waals surface area (Å²) in [4.78, 5) is 45.3. The fourth-order valence-electron chi connectivity index (χ4n) is 1.73. The molecular weight excluding hydrogens is 304 g/mol.